The smallest absolute Gasteiger partial charge is 0.266 e. The number of sulfonamides is 1. The van der Waals surface area contributed by atoms with E-state index in [1.165, 1.54) is 0 Å². The van der Waals surface area contributed by atoms with Gasteiger partial charge in [0.25, 0.3) is 5.56 Å². The van der Waals surface area contributed by atoms with Crippen LogP contribution < -0.4 is 10.3 Å². The van der Waals surface area contributed by atoms with Crippen molar-refractivity contribution in [3.63, 3.8) is 0 Å². The third kappa shape index (κ3) is 3.47. The van der Waals surface area contributed by atoms with Crippen molar-refractivity contribution in [1.82, 2.24) is 19.5 Å². The fourth-order valence-corrected chi connectivity index (χ4v) is 2.81. The molecule has 108 valence electrons. The number of hydrogen-bond donors (Lipinski definition) is 2. The number of pyridine rings is 1. The third-order valence-electron chi connectivity index (χ3n) is 2.54. The van der Waals surface area contributed by atoms with Crippen LogP contribution in [0.3, 0.4) is 0 Å². The molecule has 0 atom stereocenters. The molecule has 0 fully saturated rings. The monoisotopic (exact) mass is 316 g/mol. The van der Waals surface area contributed by atoms with E-state index in [-0.39, 0.29) is 16.5 Å². The molecule has 7 nitrogen and oxygen atoms in total. The Hall–Kier alpha value is -1.64. The van der Waals surface area contributed by atoms with Crippen LogP contribution in [0.2, 0.25) is 5.02 Å². The van der Waals surface area contributed by atoms with E-state index in [1.807, 2.05) is 13.1 Å². The summed E-state index contributed by atoms with van der Waals surface area (Å²) in [6, 6.07) is 1.11. The van der Waals surface area contributed by atoms with E-state index in [9.17, 15) is 13.2 Å². The van der Waals surface area contributed by atoms with E-state index >= 15 is 0 Å². The second kappa shape index (κ2) is 5.78. The molecule has 0 bridgehead atoms. The Morgan fingerprint density at radius 2 is 2.25 bits per heavy atom. The molecule has 0 aromatic carbocycles. The van der Waals surface area contributed by atoms with Crippen molar-refractivity contribution in [2.24, 2.45) is 0 Å². The standard InChI is InChI=1S/C11H13ClN4O3S/c1-8-5-14-16(7-8)3-2-15-20(18,19)9-4-10(12)11(17)13-6-9/h4-7,15H,2-3H2,1H3,(H,13,17). The zero-order chi connectivity index (χ0) is 14.8. The Kier molecular flexibility index (Phi) is 4.26. The van der Waals surface area contributed by atoms with Crippen molar-refractivity contribution >= 4 is 21.6 Å². The highest BCUT2D eigenvalue weighted by atomic mass is 35.5. The molecule has 2 N–H and O–H groups in total. The zero-order valence-electron chi connectivity index (χ0n) is 10.6. The first-order chi connectivity index (χ1) is 9.38. The second-order valence-corrected chi connectivity index (χ2v) is 6.37. The highest BCUT2D eigenvalue weighted by molar-refractivity contribution is 7.89. The van der Waals surface area contributed by atoms with E-state index in [0.29, 0.717) is 6.54 Å². The number of hydrogen-bond acceptors (Lipinski definition) is 4. The second-order valence-electron chi connectivity index (χ2n) is 4.19. The molecule has 2 aromatic heterocycles. The van der Waals surface area contributed by atoms with Crippen molar-refractivity contribution < 1.29 is 8.42 Å². The highest BCUT2D eigenvalue weighted by Gasteiger charge is 2.15. The molecule has 9 heteroatoms. The summed E-state index contributed by atoms with van der Waals surface area (Å²) in [4.78, 5) is 13.3. The minimum absolute atomic E-state index is 0.0845. The first-order valence-electron chi connectivity index (χ1n) is 5.75. The van der Waals surface area contributed by atoms with Gasteiger partial charge in [-0.25, -0.2) is 13.1 Å². The summed E-state index contributed by atoms with van der Waals surface area (Å²) in [7, 11) is -3.71. The van der Waals surface area contributed by atoms with Gasteiger partial charge in [-0.3, -0.25) is 9.48 Å². The molecular weight excluding hydrogens is 304 g/mol. The predicted octanol–water partition coefficient (Wildman–Crippen LogP) is 0.512. The fourth-order valence-electron chi connectivity index (χ4n) is 1.56. The molecule has 20 heavy (non-hydrogen) atoms. The number of H-pyrrole nitrogens is 1. The predicted molar refractivity (Wildman–Crippen MR) is 74.2 cm³/mol. The van der Waals surface area contributed by atoms with Crippen LogP contribution in [0.1, 0.15) is 5.56 Å². The summed E-state index contributed by atoms with van der Waals surface area (Å²) in [5.41, 5.74) is 0.470. The molecule has 0 unspecified atom stereocenters. The van der Waals surface area contributed by atoms with Crippen LogP contribution in [-0.2, 0) is 16.6 Å². The average Bonchev–Trinajstić information content (AvgIpc) is 2.78. The largest absolute Gasteiger partial charge is 0.326 e. The van der Waals surface area contributed by atoms with E-state index in [1.54, 1.807) is 10.9 Å². The normalized spacial score (nSPS) is 11.7. The van der Waals surface area contributed by atoms with Gasteiger partial charge in [0.15, 0.2) is 0 Å². The lowest BCUT2D eigenvalue weighted by molar-refractivity contribution is 0.560. The van der Waals surface area contributed by atoms with Crippen LogP contribution in [0.15, 0.2) is 34.3 Å². The Labute approximate surface area is 120 Å². The summed E-state index contributed by atoms with van der Waals surface area (Å²) in [5, 5.41) is 3.88. The minimum Gasteiger partial charge on any atom is -0.326 e. The number of aromatic amines is 1. The van der Waals surface area contributed by atoms with Gasteiger partial charge in [0, 0.05) is 18.9 Å². The molecule has 0 saturated carbocycles. The molecule has 0 aliphatic rings. The van der Waals surface area contributed by atoms with Gasteiger partial charge in [0.2, 0.25) is 10.0 Å². The molecule has 0 aliphatic carbocycles. The average molecular weight is 317 g/mol. The fraction of sp³-hybridized carbons (Fsp3) is 0.273. The SMILES string of the molecule is Cc1cnn(CCNS(=O)(=O)c2c[nH]c(=O)c(Cl)c2)c1. The first kappa shape index (κ1) is 14.8. The van der Waals surface area contributed by atoms with Crippen LogP contribution in [-0.4, -0.2) is 29.7 Å². The van der Waals surface area contributed by atoms with Crippen molar-refractivity contribution in [2.45, 2.75) is 18.4 Å². The number of nitrogens with zero attached hydrogens (tertiary/aromatic N) is 2. The lowest BCUT2D eigenvalue weighted by Crippen LogP contribution is -2.28. The van der Waals surface area contributed by atoms with Crippen LogP contribution in [0.4, 0.5) is 0 Å². The molecule has 2 aromatic rings. The number of nitrogens with one attached hydrogen (secondary N) is 2. The van der Waals surface area contributed by atoms with Gasteiger partial charge in [-0.05, 0) is 18.6 Å². The minimum atomic E-state index is -3.71. The maximum atomic E-state index is 12.0. The van der Waals surface area contributed by atoms with Crippen molar-refractivity contribution in [3.05, 3.63) is 45.6 Å². The summed E-state index contributed by atoms with van der Waals surface area (Å²) < 4.78 is 28.0. The van der Waals surface area contributed by atoms with Gasteiger partial charge >= 0.3 is 0 Å². The number of rotatable bonds is 5. The lowest BCUT2D eigenvalue weighted by Gasteiger charge is -2.06. The molecular formula is C11H13ClN4O3S. The highest BCUT2D eigenvalue weighted by Crippen LogP contribution is 2.10. The Balaban J connectivity index is 2.03. The van der Waals surface area contributed by atoms with Gasteiger partial charge < -0.3 is 4.98 Å². The molecule has 0 aliphatic heterocycles. The van der Waals surface area contributed by atoms with E-state index in [2.05, 4.69) is 14.8 Å². The van der Waals surface area contributed by atoms with Crippen LogP contribution in [0.25, 0.3) is 0 Å². The summed E-state index contributed by atoms with van der Waals surface area (Å²) in [6.45, 7) is 2.49. The van der Waals surface area contributed by atoms with Crippen LogP contribution in [0, 0.1) is 6.92 Å². The van der Waals surface area contributed by atoms with Gasteiger partial charge in [0.1, 0.15) is 5.02 Å². The summed E-state index contributed by atoms with van der Waals surface area (Å²) >= 11 is 5.60. The van der Waals surface area contributed by atoms with E-state index in [4.69, 9.17) is 11.6 Å². The maximum Gasteiger partial charge on any atom is 0.266 e. The van der Waals surface area contributed by atoms with Crippen LogP contribution >= 0.6 is 11.6 Å². The first-order valence-corrected chi connectivity index (χ1v) is 7.61. The van der Waals surface area contributed by atoms with Gasteiger partial charge in [-0.2, -0.15) is 5.10 Å². The molecule has 0 radical (unpaired) electrons. The number of aryl methyl sites for hydroxylation is 1. The zero-order valence-corrected chi connectivity index (χ0v) is 12.2. The quantitative estimate of drug-likeness (QED) is 0.840. The van der Waals surface area contributed by atoms with Gasteiger partial charge in [-0.1, -0.05) is 11.6 Å². The lowest BCUT2D eigenvalue weighted by atomic mass is 10.4. The van der Waals surface area contributed by atoms with Gasteiger partial charge in [-0.15, -0.1) is 0 Å². The summed E-state index contributed by atoms with van der Waals surface area (Å²) in [6.07, 6.45) is 4.61. The maximum absolute atomic E-state index is 12.0. The Bertz CT molecular complexity index is 766. The molecule has 0 spiro atoms. The van der Waals surface area contributed by atoms with Gasteiger partial charge in [0.05, 0.1) is 17.6 Å². The molecule has 2 heterocycles. The topological polar surface area (TPSA) is 96.8 Å². The van der Waals surface area contributed by atoms with Crippen molar-refractivity contribution in [3.8, 4) is 0 Å². The van der Waals surface area contributed by atoms with Crippen LogP contribution in [0.5, 0.6) is 0 Å². The molecule has 0 amide bonds. The molecule has 2 rings (SSSR count). The third-order valence-corrected chi connectivity index (χ3v) is 4.26. The molecule has 0 saturated heterocycles. The summed E-state index contributed by atoms with van der Waals surface area (Å²) in [5.74, 6) is 0. The number of aromatic nitrogens is 3. The number of halogens is 1. The van der Waals surface area contributed by atoms with E-state index < -0.39 is 15.6 Å². The van der Waals surface area contributed by atoms with Crippen molar-refractivity contribution in [2.75, 3.05) is 6.54 Å². The Morgan fingerprint density at radius 1 is 1.50 bits per heavy atom. The Morgan fingerprint density at radius 3 is 2.85 bits per heavy atom. The van der Waals surface area contributed by atoms with Crippen molar-refractivity contribution in [1.29, 1.82) is 0 Å². The van der Waals surface area contributed by atoms with E-state index in [0.717, 1.165) is 17.8 Å².